The fourth-order valence-corrected chi connectivity index (χ4v) is 3.58. The zero-order valence-electron chi connectivity index (χ0n) is 16.5. The number of hydrogen-bond acceptors (Lipinski definition) is 6. The second-order valence-electron chi connectivity index (χ2n) is 8.24. The number of aromatic nitrogens is 4. The lowest BCUT2D eigenvalue weighted by Crippen LogP contribution is -2.55. The lowest BCUT2D eigenvalue weighted by Gasteiger charge is -2.38. The van der Waals surface area contributed by atoms with Gasteiger partial charge >= 0.3 is 0 Å². The van der Waals surface area contributed by atoms with Crippen LogP contribution in [0.5, 0.6) is 0 Å². The highest BCUT2D eigenvalue weighted by Gasteiger charge is 2.49. The van der Waals surface area contributed by atoms with Gasteiger partial charge in [-0.2, -0.15) is 5.10 Å². The fourth-order valence-electron chi connectivity index (χ4n) is 3.58. The number of carbonyl (C=O) groups is 2. The number of aliphatic hydroxyl groups is 1. The van der Waals surface area contributed by atoms with Crippen molar-refractivity contribution in [2.75, 3.05) is 19.6 Å². The van der Waals surface area contributed by atoms with Crippen LogP contribution in [0.2, 0.25) is 0 Å². The zero-order chi connectivity index (χ0) is 20.5. The van der Waals surface area contributed by atoms with Crippen LogP contribution < -0.4 is 5.32 Å². The Morgan fingerprint density at radius 2 is 2.03 bits per heavy atom. The van der Waals surface area contributed by atoms with E-state index in [4.69, 9.17) is 0 Å². The summed E-state index contributed by atoms with van der Waals surface area (Å²) in [5.41, 5.74) is -0.831. The minimum atomic E-state index is -1.43. The first-order valence-corrected chi connectivity index (χ1v) is 10.0. The van der Waals surface area contributed by atoms with Crippen molar-refractivity contribution in [1.29, 1.82) is 0 Å². The molecule has 3 N–H and O–H groups in total. The number of carbonyl (C=O) groups excluding carboxylic acids is 2. The van der Waals surface area contributed by atoms with Crippen molar-refractivity contribution in [3.8, 4) is 11.4 Å². The number of rotatable bonds is 6. The Balaban J connectivity index is 1.25. The van der Waals surface area contributed by atoms with E-state index >= 15 is 0 Å². The van der Waals surface area contributed by atoms with Crippen LogP contribution in [0.15, 0.2) is 24.5 Å². The molecule has 3 heterocycles. The second-order valence-corrected chi connectivity index (χ2v) is 8.24. The van der Waals surface area contributed by atoms with Crippen LogP contribution >= 0.6 is 0 Å². The monoisotopic (exact) mass is 398 g/mol. The number of nitrogens with zero attached hydrogens (tertiary/aromatic N) is 4. The number of likely N-dealkylation sites (tertiary alicyclic amines) is 1. The van der Waals surface area contributed by atoms with E-state index in [1.807, 2.05) is 19.1 Å². The summed E-state index contributed by atoms with van der Waals surface area (Å²) in [6.07, 6.45) is 6.21. The standard InChI is InChI=1S/C20H26N6O3/c1-19(5-6-19)18(28)26-11-7-20(29,8-12-26)17(27)22-10-4-15-23-16(25-24-15)14-3-2-9-21-13-14/h2-3,9,13,29H,4-8,10-12H2,1H3,(H,22,27)(H,23,24,25). The molecule has 9 nitrogen and oxygen atoms in total. The Kier molecular flexibility index (Phi) is 5.08. The molecule has 154 valence electrons. The SMILES string of the molecule is CC1(C(=O)N2CCC(O)(C(=O)NCCc3nc(-c4cccnc4)n[nH]3)CC2)CC1. The average Bonchev–Trinajstić information content (AvgIpc) is 3.32. The van der Waals surface area contributed by atoms with E-state index in [0.29, 0.717) is 37.7 Å². The first-order valence-electron chi connectivity index (χ1n) is 10.0. The summed E-state index contributed by atoms with van der Waals surface area (Å²) in [6.45, 7) is 3.14. The first kappa shape index (κ1) is 19.5. The van der Waals surface area contributed by atoms with E-state index in [9.17, 15) is 14.7 Å². The Labute approximate surface area is 168 Å². The molecule has 1 aliphatic heterocycles. The summed E-state index contributed by atoms with van der Waals surface area (Å²) in [6, 6.07) is 3.69. The summed E-state index contributed by atoms with van der Waals surface area (Å²) in [5, 5.41) is 20.5. The molecule has 1 saturated heterocycles. The number of hydrogen-bond donors (Lipinski definition) is 3. The predicted molar refractivity (Wildman–Crippen MR) is 104 cm³/mol. The third-order valence-electron chi connectivity index (χ3n) is 5.92. The fraction of sp³-hybridized carbons (Fsp3) is 0.550. The van der Waals surface area contributed by atoms with Crippen LogP contribution in [-0.2, 0) is 16.0 Å². The number of aromatic amines is 1. The third-order valence-corrected chi connectivity index (χ3v) is 5.92. The van der Waals surface area contributed by atoms with Crippen molar-refractivity contribution in [1.82, 2.24) is 30.4 Å². The van der Waals surface area contributed by atoms with E-state index in [-0.39, 0.29) is 24.2 Å². The number of piperidine rings is 1. The van der Waals surface area contributed by atoms with Gasteiger partial charge in [0.25, 0.3) is 5.91 Å². The Bertz CT molecular complexity index is 885. The topological polar surface area (TPSA) is 124 Å². The van der Waals surface area contributed by atoms with E-state index in [0.717, 1.165) is 18.4 Å². The lowest BCUT2D eigenvalue weighted by molar-refractivity contribution is -0.151. The maximum absolute atomic E-state index is 12.5. The van der Waals surface area contributed by atoms with Crippen LogP contribution in [0.4, 0.5) is 0 Å². The van der Waals surface area contributed by atoms with Gasteiger partial charge in [0, 0.05) is 62.3 Å². The molecule has 2 fully saturated rings. The molecule has 0 spiro atoms. The normalized spacial score (nSPS) is 19.6. The molecular weight excluding hydrogens is 372 g/mol. The molecule has 0 aromatic carbocycles. The number of pyridine rings is 1. The van der Waals surface area contributed by atoms with Gasteiger partial charge < -0.3 is 15.3 Å². The maximum atomic E-state index is 12.5. The van der Waals surface area contributed by atoms with Gasteiger partial charge in [-0.15, -0.1) is 0 Å². The molecule has 9 heteroatoms. The molecule has 1 aliphatic carbocycles. The van der Waals surface area contributed by atoms with E-state index in [1.165, 1.54) is 0 Å². The molecule has 0 unspecified atom stereocenters. The van der Waals surface area contributed by atoms with Crippen molar-refractivity contribution in [2.45, 2.75) is 44.6 Å². The van der Waals surface area contributed by atoms with E-state index < -0.39 is 11.5 Å². The third kappa shape index (κ3) is 4.14. The average molecular weight is 398 g/mol. The minimum Gasteiger partial charge on any atom is -0.380 e. The highest BCUT2D eigenvalue weighted by Crippen LogP contribution is 2.47. The van der Waals surface area contributed by atoms with E-state index in [1.54, 1.807) is 17.3 Å². The van der Waals surface area contributed by atoms with Crippen LogP contribution in [0.1, 0.15) is 38.4 Å². The van der Waals surface area contributed by atoms with Gasteiger partial charge in [0.05, 0.1) is 0 Å². The Hall–Kier alpha value is -2.81. The number of nitrogens with one attached hydrogen (secondary N) is 2. The summed E-state index contributed by atoms with van der Waals surface area (Å²) in [5.74, 6) is 0.956. The molecule has 2 aliphatic rings. The van der Waals surface area contributed by atoms with Crippen molar-refractivity contribution < 1.29 is 14.7 Å². The smallest absolute Gasteiger partial charge is 0.252 e. The number of amides is 2. The molecule has 2 aromatic heterocycles. The molecule has 4 rings (SSSR count). The molecular formula is C20H26N6O3. The van der Waals surface area contributed by atoms with Gasteiger partial charge in [-0.1, -0.05) is 6.92 Å². The summed E-state index contributed by atoms with van der Waals surface area (Å²) < 4.78 is 0. The van der Waals surface area contributed by atoms with Crippen LogP contribution in [0.3, 0.4) is 0 Å². The van der Waals surface area contributed by atoms with Crippen LogP contribution in [-0.4, -0.2) is 67.2 Å². The van der Waals surface area contributed by atoms with E-state index in [2.05, 4.69) is 25.5 Å². The molecule has 0 bridgehead atoms. The van der Waals surface area contributed by atoms with Crippen LogP contribution in [0, 0.1) is 5.41 Å². The highest BCUT2D eigenvalue weighted by atomic mass is 16.3. The summed E-state index contributed by atoms with van der Waals surface area (Å²) in [7, 11) is 0. The van der Waals surface area contributed by atoms with Gasteiger partial charge in [0.15, 0.2) is 5.82 Å². The number of H-pyrrole nitrogens is 1. The molecule has 1 saturated carbocycles. The van der Waals surface area contributed by atoms with Gasteiger partial charge in [-0.05, 0) is 25.0 Å². The van der Waals surface area contributed by atoms with Crippen molar-refractivity contribution in [3.63, 3.8) is 0 Å². The highest BCUT2D eigenvalue weighted by molar-refractivity contribution is 5.87. The summed E-state index contributed by atoms with van der Waals surface area (Å²) >= 11 is 0. The van der Waals surface area contributed by atoms with Crippen molar-refractivity contribution in [2.24, 2.45) is 5.41 Å². The minimum absolute atomic E-state index is 0.148. The molecule has 0 atom stereocenters. The molecule has 0 radical (unpaired) electrons. The summed E-state index contributed by atoms with van der Waals surface area (Å²) in [4.78, 5) is 35.1. The zero-order valence-corrected chi connectivity index (χ0v) is 16.5. The quantitative estimate of drug-likeness (QED) is 0.657. The Morgan fingerprint density at radius 3 is 2.69 bits per heavy atom. The van der Waals surface area contributed by atoms with Gasteiger partial charge in [0.1, 0.15) is 11.4 Å². The van der Waals surface area contributed by atoms with Gasteiger partial charge in [-0.3, -0.25) is 19.7 Å². The van der Waals surface area contributed by atoms with Gasteiger partial charge in [0.2, 0.25) is 5.91 Å². The first-order chi connectivity index (χ1) is 13.9. The molecule has 29 heavy (non-hydrogen) atoms. The van der Waals surface area contributed by atoms with Gasteiger partial charge in [-0.25, -0.2) is 4.98 Å². The second kappa shape index (κ2) is 7.55. The molecule has 2 aromatic rings. The van der Waals surface area contributed by atoms with Crippen LogP contribution in [0.25, 0.3) is 11.4 Å². The Morgan fingerprint density at radius 1 is 1.28 bits per heavy atom. The largest absolute Gasteiger partial charge is 0.380 e. The molecule has 2 amide bonds. The predicted octanol–water partition coefficient (Wildman–Crippen LogP) is 0.679. The maximum Gasteiger partial charge on any atom is 0.252 e. The van der Waals surface area contributed by atoms with Crippen molar-refractivity contribution >= 4 is 11.8 Å². The lowest BCUT2D eigenvalue weighted by atomic mass is 9.89. The van der Waals surface area contributed by atoms with Crippen molar-refractivity contribution in [3.05, 3.63) is 30.4 Å².